The molecule has 0 bridgehead atoms. The van der Waals surface area contributed by atoms with Crippen molar-refractivity contribution in [3.05, 3.63) is 72.3 Å². The van der Waals surface area contributed by atoms with E-state index in [9.17, 15) is 4.39 Å². The smallest absolute Gasteiger partial charge is 0.231 e. The molecule has 3 aromatic rings. The lowest BCUT2D eigenvalue weighted by Crippen LogP contribution is -1.99. The summed E-state index contributed by atoms with van der Waals surface area (Å²) in [6.07, 6.45) is 3.77. The number of para-hydroxylation sites is 1. The number of ether oxygens (including phenoxy) is 2. The molecule has 0 amide bonds. The van der Waals surface area contributed by atoms with Gasteiger partial charge in [-0.25, -0.2) is 4.39 Å². The first-order valence-electron chi connectivity index (χ1n) is 7.35. The van der Waals surface area contributed by atoms with Gasteiger partial charge in [0.2, 0.25) is 6.79 Å². The third kappa shape index (κ3) is 2.73. The molecule has 116 valence electrons. The number of aromatic nitrogens is 1. The first kappa shape index (κ1) is 13.7. The monoisotopic (exact) mass is 310 g/mol. The fourth-order valence-electron chi connectivity index (χ4n) is 2.57. The third-order valence-electron chi connectivity index (χ3n) is 3.75. The number of nitrogens with zero attached hydrogens (tertiary/aromatic N) is 1. The molecule has 0 aliphatic carbocycles. The van der Waals surface area contributed by atoms with Gasteiger partial charge in [0.15, 0.2) is 11.5 Å². The average molecular weight is 310 g/mol. The Bertz CT molecular complexity index is 845. The van der Waals surface area contributed by atoms with Gasteiger partial charge >= 0.3 is 0 Å². The van der Waals surface area contributed by atoms with Crippen LogP contribution in [-0.4, -0.2) is 11.4 Å². The molecule has 0 spiro atoms. The van der Waals surface area contributed by atoms with Gasteiger partial charge in [-0.2, -0.15) is 0 Å². The minimum Gasteiger partial charge on any atom is -0.454 e. The van der Waals surface area contributed by atoms with Gasteiger partial charge in [-0.05, 0) is 35.9 Å². The number of fused-ring (bicyclic) bond motifs is 1. The van der Waals surface area contributed by atoms with Crippen LogP contribution in [0.4, 0.5) is 10.1 Å². The summed E-state index contributed by atoms with van der Waals surface area (Å²) in [6, 6.07) is 14.4. The maximum Gasteiger partial charge on any atom is 0.231 e. The van der Waals surface area contributed by atoms with E-state index in [4.69, 9.17) is 9.47 Å². The molecule has 4 nitrogen and oxygen atoms in total. The lowest BCUT2D eigenvalue weighted by atomic mass is 10.2. The molecule has 5 heteroatoms. The predicted molar refractivity (Wildman–Crippen MR) is 85.6 cm³/mol. The van der Waals surface area contributed by atoms with Crippen LogP contribution in [0.3, 0.4) is 0 Å². The minimum atomic E-state index is -0.238. The van der Waals surface area contributed by atoms with E-state index in [0.717, 1.165) is 22.7 Å². The van der Waals surface area contributed by atoms with Crippen LogP contribution in [-0.2, 0) is 6.54 Å². The van der Waals surface area contributed by atoms with E-state index in [0.29, 0.717) is 12.2 Å². The topological polar surface area (TPSA) is 35.4 Å². The van der Waals surface area contributed by atoms with E-state index in [1.807, 2.05) is 42.7 Å². The molecule has 1 N–H and O–H groups in total. The van der Waals surface area contributed by atoms with E-state index in [1.54, 1.807) is 16.7 Å². The Balaban J connectivity index is 1.47. The second-order valence-corrected chi connectivity index (χ2v) is 5.30. The summed E-state index contributed by atoms with van der Waals surface area (Å²) in [6.45, 7) is 0.908. The molecule has 4 rings (SSSR count). The van der Waals surface area contributed by atoms with Gasteiger partial charge in [-0.1, -0.05) is 12.1 Å². The lowest BCUT2D eigenvalue weighted by molar-refractivity contribution is 0.174. The van der Waals surface area contributed by atoms with Crippen LogP contribution in [0.1, 0.15) is 5.56 Å². The summed E-state index contributed by atoms with van der Waals surface area (Å²) in [5, 5.41) is 3.33. The Hall–Kier alpha value is -2.95. The van der Waals surface area contributed by atoms with Crippen LogP contribution in [0, 0.1) is 5.82 Å². The van der Waals surface area contributed by atoms with Crippen molar-refractivity contribution in [3.8, 4) is 17.2 Å². The van der Waals surface area contributed by atoms with Gasteiger partial charge in [0.25, 0.3) is 0 Å². The van der Waals surface area contributed by atoms with Crippen molar-refractivity contribution in [2.24, 2.45) is 0 Å². The molecule has 2 heterocycles. The van der Waals surface area contributed by atoms with Gasteiger partial charge in [0, 0.05) is 30.7 Å². The van der Waals surface area contributed by atoms with E-state index in [-0.39, 0.29) is 12.6 Å². The van der Waals surface area contributed by atoms with Crippen molar-refractivity contribution in [2.75, 3.05) is 12.1 Å². The zero-order chi connectivity index (χ0) is 15.6. The molecule has 0 atom stereocenters. The van der Waals surface area contributed by atoms with Crippen molar-refractivity contribution >= 4 is 5.69 Å². The number of rotatable bonds is 4. The Morgan fingerprint density at radius 2 is 1.91 bits per heavy atom. The molecule has 2 aromatic carbocycles. The van der Waals surface area contributed by atoms with E-state index in [1.165, 1.54) is 6.07 Å². The average Bonchev–Trinajstić information content (AvgIpc) is 3.22. The van der Waals surface area contributed by atoms with Gasteiger partial charge in [0.05, 0.1) is 5.69 Å². The summed E-state index contributed by atoms with van der Waals surface area (Å²) in [5.41, 5.74) is 2.56. The van der Waals surface area contributed by atoms with Crippen LogP contribution in [0.25, 0.3) is 5.69 Å². The fourth-order valence-corrected chi connectivity index (χ4v) is 2.57. The highest BCUT2D eigenvalue weighted by Gasteiger charge is 2.13. The molecule has 0 saturated carbocycles. The number of anilines is 1. The maximum absolute atomic E-state index is 13.8. The first-order valence-corrected chi connectivity index (χ1v) is 7.35. The Kier molecular flexibility index (Phi) is 3.38. The number of hydrogen-bond donors (Lipinski definition) is 1. The van der Waals surface area contributed by atoms with E-state index < -0.39 is 0 Å². The molecule has 0 fully saturated rings. The van der Waals surface area contributed by atoms with Crippen LogP contribution in [0.2, 0.25) is 0 Å². The second-order valence-electron chi connectivity index (χ2n) is 5.30. The lowest BCUT2D eigenvalue weighted by Gasteiger charge is -2.06. The van der Waals surface area contributed by atoms with Gasteiger partial charge in [0.1, 0.15) is 5.82 Å². The van der Waals surface area contributed by atoms with Crippen LogP contribution >= 0.6 is 0 Å². The summed E-state index contributed by atoms with van der Waals surface area (Å²) in [5.74, 6) is 1.28. The van der Waals surface area contributed by atoms with Crippen LogP contribution in [0.15, 0.2) is 60.9 Å². The van der Waals surface area contributed by atoms with Gasteiger partial charge in [-0.15, -0.1) is 0 Å². The summed E-state index contributed by atoms with van der Waals surface area (Å²) in [4.78, 5) is 0. The first-order chi connectivity index (χ1) is 11.3. The highest BCUT2D eigenvalue weighted by molar-refractivity contribution is 5.55. The molecule has 1 aliphatic heterocycles. The summed E-state index contributed by atoms with van der Waals surface area (Å²) >= 11 is 0. The third-order valence-corrected chi connectivity index (χ3v) is 3.75. The number of benzene rings is 2. The predicted octanol–water partition coefficient (Wildman–Crippen LogP) is 3.96. The maximum atomic E-state index is 13.8. The van der Waals surface area contributed by atoms with Gasteiger partial charge < -0.3 is 19.4 Å². The standard InChI is InChI=1S/C18H15FN2O2/c19-15-3-1-2-4-16(15)21-8-7-13(11-21)10-20-14-5-6-17-18(9-14)23-12-22-17/h1-9,11,20H,10,12H2. The molecule has 1 aromatic heterocycles. The number of halogens is 1. The molecule has 1 aliphatic rings. The van der Waals surface area contributed by atoms with Gasteiger partial charge in [-0.3, -0.25) is 0 Å². The minimum absolute atomic E-state index is 0.238. The molecule has 0 saturated heterocycles. The van der Waals surface area contributed by atoms with Crippen LogP contribution in [0.5, 0.6) is 11.5 Å². The van der Waals surface area contributed by atoms with Crippen LogP contribution < -0.4 is 14.8 Å². The molecular weight excluding hydrogens is 295 g/mol. The zero-order valence-corrected chi connectivity index (χ0v) is 12.3. The highest BCUT2D eigenvalue weighted by Crippen LogP contribution is 2.34. The SMILES string of the molecule is Fc1ccccc1-n1ccc(CNc2ccc3c(c2)OCO3)c1. The fraction of sp³-hybridized carbons (Fsp3) is 0.111. The largest absolute Gasteiger partial charge is 0.454 e. The second kappa shape index (κ2) is 5.68. The summed E-state index contributed by atoms with van der Waals surface area (Å²) < 4.78 is 26.2. The van der Waals surface area contributed by atoms with E-state index in [2.05, 4.69) is 5.32 Å². The van der Waals surface area contributed by atoms with Crippen molar-refractivity contribution in [3.63, 3.8) is 0 Å². The zero-order valence-electron chi connectivity index (χ0n) is 12.3. The quantitative estimate of drug-likeness (QED) is 0.792. The van der Waals surface area contributed by atoms with E-state index >= 15 is 0 Å². The highest BCUT2D eigenvalue weighted by atomic mass is 19.1. The summed E-state index contributed by atoms with van der Waals surface area (Å²) in [7, 11) is 0. The Morgan fingerprint density at radius 3 is 2.83 bits per heavy atom. The number of hydrogen-bond acceptors (Lipinski definition) is 3. The van der Waals surface area contributed by atoms with Crippen molar-refractivity contribution in [2.45, 2.75) is 6.54 Å². The number of nitrogens with one attached hydrogen (secondary N) is 1. The van der Waals surface area contributed by atoms with Crippen molar-refractivity contribution < 1.29 is 13.9 Å². The Morgan fingerprint density at radius 1 is 1.04 bits per heavy atom. The molecule has 0 radical (unpaired) electrons. The Labute approximate surface area is 133 Å². The molecule has 0 unspecified atom stereocenters. The van der Waals surface area contributed by atoms with Crippen molar-refractivity contribution in [1.29, 1.82) is 0 Å². The van der Waals surface area contributed by atoms with Crippen molar-refractivity contribution in [1.82, 2.24) is 4.57 Å². The molecule has 23 heavy (non-hydrogen) atoms. The molecular formula is C18H15FN2O2. The normalized spacial score (nSPS) is 12.4.